The summed E-state index contributed by atoms with van der Waals surface area (Å²) in [6.07, 6.45) is 3.71. The summed E-state index contributed by atoms with van der Waals surface area (Å²) >= 11 is 1.32. The number of amides is 2. The lowest BCUT2D eigenvalue weighted by molar-refractivity contribution is -0.123. The van der Waals surface area contributed by atoms with Crippen LogP contribution in [-0.2, 0) is 17.8 Å². The highest BCUT2D eigenvalue weighted by atomic mass is 32.1. The number of nitrogen functional groups attached to an aromatic ring is 1. The summed E-state index contributed by atoms with van der Waals surface area (Å²) in [4.78, 5) is 33.7. The van der Waals surface area contributed by atoms with E-state index in [0.29, 0.717) is 23.8 Å². The summed E-state index contributed by atoms with van der Waals surface area (Å²) in [6.45, 7) is 2.15. The normalized spacial score (nSPS) is 11.9. The number of aromatic amines is 1. The standard InChI is InChI=1S/C23H23N5O2S/c1-14-9-10-25-20(14)22(30)28-19(21(29)26-12-17-13-27-23(24)31-17)11-16-7-4-6-15-5-2-3-8-18(15)16/h2-10,13,19,25H,11-12H2,1H3,(H2,24,27)(H,26,29)(H,28,30)/t19-/m0/s1. The molecule has 7 nitrogen and oxygen atoms in total. The Balaban J connectivity index is 1.57. The number of anilines is 1. The van der Waals surface area contributed by atoms with E-state index in [1.807, 2.05) is 55.5 Å². The second kappa shape index (κ2) is 9.01. The first-order chi connectivity index (χ1) is 15.0. The van der Waals surface area contributed by atoms with Crippen LogP contribution in [0.3, 0.4) is 0 Å². The first-order valence-corrected chi connectivity index (χ1v) is 10.7. The number of rotatable bonds is 7. The average Bonchev–Trinajstić information content (AvgIpc) is 3.39. The zero-order valence-corrected chi connectivity index (χ0v) is 17.8. The number of aromatic nitrogens is 2. The van der Waals surface area contributed by atoms with Crippen molar-refractivity contribution < 1.29 is 9.59 Å². The third kappa shape index (κ3) is 4.75. The molecule has 0 aliphatic heterocycles. The number of thiazole rings is 1. The fraction of sp³-hybridized carbons (Fsp3) is 0.174. The molecule has 1 atom stereocenters. The molecule has 2 aromatic carbocycles. The van der Waals surface area contributed by atoms with Crippen LogP contribution in [0.4, 0.5) is 5.13 Å². The first-order valence-electron chi connectivity index (χ1n) is 9.90. The molecule has 5 N–H and O–H groups in total. The number of aryl methyl sites for hydroxylation is 1. The van der Waals surface area contributed by atoms with Crippen LogP contribution >= 0.6 is 11.3 Å². The Morgan fingerprint density at radius 1 is 1.16 bits per heavy atom. The maximum atomic E-state index is 13.1. The topological polar surface area (TPSA) is 113 Å². The van der Waals surface area contributed by atoms with E-state index >= 15 is 0 Å². The second-order valence-electron chi connectivity index (χ2n) is 7.29. The highest BCUT2D eigenvalue weighted by Crippen LogP contribution is 2.20. The van der Waals surface area contributed by atoms with Crippen LogP contribution in [0.25, 0.3) is 10.8 Å². The fourth-order valence-electron chi connectivity index (χ4n) is 3.52. The summed E-state index contributed by atoms with van der Waals surface area (Å²) in [7, 11) is 0. The van der Waals surface area contributed by atoms with Crippen molar-refractivity contribution in [1.82, 2.24) is 20.6 Å². The van der Waals surface area contributed by atoms with Gasteiger partial charge in [0.25, 0.3) is 5.91 Å². The maximum absolute atomic E-state index is 13.1. The molecular weight excluding hydrogens is 410 g/mol. The average molecular weight is 434 g/mol. The molecule has 0 saturated heterocycles. The summed E-state index contributed by atoms with van der Waals surface area (Å²) in [5, 5.41) is 8.39. The van der Waals surface area contributed by atoms with Crippen LogP contribution in [0.1, 0.15) is 26.5 Å². The van der Waals surface area contributed by atoms with Gasteiger partial charge in [-0.15, -0.1) is 11.3 Å². The third-order valence-electron chi connectivity index (χ3n) is 5.12. The molecule has 0 aliphatic carbocycles. The second-order valence-corrected chi connectivity index (χ2v) is 8.43. The van der Waals surface area contributed by atoms with E-state index in [9.17, 15) is 9.59 Å². The van der Waals surface area contributed by atoms with Crippen molar-refractivity contribution >= 4 is 39.1 Å². The predicted octanol–water partition coefficient (Wildman–Crippen LogP) is 3.17. The molecule has 2 amide bonds. The Morgan fingerprint density at radius 3 is 2.71 bits per heavy atom. The summed E-state index contributed by atoms with van der Waals surface area (Å²) < 4.78 is 0. The summed E-state index contributed by atoms with van der Waals surface area (Å²) in [6, 6.07) is 15.1. The van der Waals surface area contributed by atoms with Gasteiger partial charge in [-0.2, -0.15) is 0 Å². The van der Waals surface area contributed by atoms with Gasteiger partial charge < -0.3 is 21.4 Å². The number of benzene rings is 2. The van der Waals surface area contributed by atoms with Crippen LogP contribution in [0.15, 0.2) is 60.9 Å². The number of fused-ring (bicyclic) bond motifs is 1. The smallest absolute Gasteiger partial charge is 0.268 e. The number of carbonyl (C=O) groups excluding carboxylic acids is 2. The van der Waals surface area contributed by atoms with E-state index in [-0.39, 0.29) is 11.8 Å². The minimum atomic E-state index is -0.744. The van der Waals surface area contributed by atoms with Crippen molar-refractivity contribution in [2.45, 2.75) is 25.9 Å². The zero-order valence-electron chi connectivity index (χ0n) is 17.0. The molecule has 0 saturated carbocycles. The van der Waals surface area contributed by atoms with E-state index in [1.165, 1.54) is 11.3 Å². The van der Waals surface area contributed by atoms with Crippen molar-refractivity contribution in [2.75, 3.05) is 5.73 Å². The largest absolute Gasteiger partial charge is 0.375 e. The lowest BCUT2D eigenvalue weighted by atomic mass is 9.98. The van der Waals surface area contributed by atoms with E-state index < -0.39 is 6.04 Å². The molecule has 0 aliphatic rings. The SMILES string of the molecule is Cc1cc[nH]c1C(=O)N[C@@H](Cc1cccc2ccccc12)C(=O)NCc1cnc(N)s1. The number of nitrogens with zero attached hydrogens (tertiary/aromatic N) is 1. The van der Waals surface area contributed by atoms with Gasteiger partial charge in [-0.25, -0.2) is 4.98 Å². The molecule has 31 heavy (non-hydrogen) atoms. The maximum Gasteiger partial charge on any atom is 0.268 e. The van der Waals surface area contributed by atoms with Gasteiger partial charge >= 0.3 is 0 Å². The zero-order chi connectivity index (χ0) is 21.8. The number of carbonyl (C=O) groups is 2. The van der Waals surface area contributed by atoms with Crippen molar-refractivity contribution in [2.24, 2.45) is 0 Å². The van der Waals surface area contributed by atoms with Crippen LogP contribution in [0.5, 0.6) is 0 Å². The first kappa shape index (κ1) is 20.6. The molecular formula is C23H23N5O2S. The summed E-state index contributed by atoms with van der Waals surface area (Å²) in [5.41, 5.74) is 7.93. The third-order valence-corrected chi connectivity index (χ3v) is 5.94. The highest BCUT2D eigenvalue weighted by Gasteiger charge is 2.24. The van der Waals surface area contributed by atoms with Gasteiger partial charge in [-0.1, -0.05) is 42.5 Å². The number of nitrogens with one attached hydrogen (secondary N) is 3. The van der Waals surface area contributed by atoms with Crippen molar-refractivity contribution in [3.8, 4) is 0 Å². The fourth-order valence-corrected chi connectivity index (χ4v) is 4.15. The monoisotopic (exact) mass is 433 g/mol. The molecule has 2 aromatic heterocycles. The number of hydrogen-bond acceptors (Lipinski definition) is 5. The van der Waals surface area contributed by atoms with E-state index in [0.717, 1.165) is 26.8 Å². The van der Waals surface area contributed by atoms with E-state index in [4.69, 9.17) is 5.73 Å². The van der Waals surface area contributed by atoms with Gasteiger partial charge in [-0.3, -0.25) is 9.59 Å². The highest BCUT2D eigenvalue weighted by molar-refractivity contribution is 7.15. The Kier molecular flexibility index (Phi) is 5.99. The molecule has 0 fully saturated rings. The van der Waals surface area contributed by atoms with Gasteiger partial charge in [0.05, 0.1) is 6.54 Å². The number of hydrogen-bond donors (Lipinski definition) is 4. The minimum absolute atomic E-state index is 0.266. The molecule has 0 spiro atoms. The molecule has 4 rings (SSSR count). The molecule has 4 aromatic rings. The lowest BCUT2D eigenvalue weighted by Crippen LogP contribution is -2.48. The molecule has 2 heterocycles. The summed E-state index contributed by atoms with van der Waals surface area (Å²) in [5.74, 6) is -0.581. The van der Waals surface area contributed by atoms with Gasteiger partial charge in [-0.05, 0) is 34.9 Å². The van der Waals surface area contributed by atoms with Crippen LogP contribution in [-0.4, -0.2) is 27.8 Å². The van der Waals surface area contributed by atoms with Gasteiger partial charge in [0, 0.05) is 23.7 Å². The van der Waals surface area contributed by atoms with Gasteiger partial charge in [0.1, 0.15) is 11.7 Å². The lowest BCUT2D eigenvalue weighted by Gasteiger charge is -2.19. The van der Waals surface area contributed by atoms with Crippen LogP contribution < -0.4 is 16.4 Å². The van der Waals surface area contributed by atoms with Crippen molar-refractivity contribution in [3.05, 3.63) is 82.6 Å². The molecule has 8 heteroatoms. The van der Waals surface area contributed by atoms with Crippen LogP contribution in [0, 0.1) is 6.92 Å². The number of H-pyrrole nitrogens is 1. The Hall–Kier alpha value is -3.65. The van der Waals surface area contributed by atoms with Crippen molar-refractivity contribution in [1.29, 1.82) is 0 Å². The van der Waals surface area contributed by atoms with E-state index in [2.05, 4.69) is 20.6 Å². The van der Waals surface area contributed by atoms with Gasteiger partial charge in [0.15, 0.2) is 5.13 Å². The Labute approximate surface area is 183 Å². The minimum Gasteiger partial charge on any atom is -0.375 e. The van der Waals surface area contributed by atoms with Crippen LogP contribution in [0.2, 0.25) is 0 Å². The van der Waals surface area contributed by atoms with Gasteiger partial charge in [0.2, 0.25) is 5.91 Å². The number of nitrogens with two attached hydrogens (primary N) is 1. The Morgan fingerprint density at radius 2 is 1.97 bits per heavy atom. The van der Waals surface area contributed by atoms with Crippen molar-refractivity contribution in [3.63, 3.8) is 0 Å². The quantitative estimate of drug-likeness (QED) is 0.358. The molecule has 158 valence electrons. The molecule has 0 radical (unpaired) electrons. The molecule has 0 unspecified atom stereocenters. The Bertz CT molecular complexity index is 1220. The van der Waals surface area contributed by atoms with E-state index in [1.54, 1.807) is 12.4 Å². The molecule has 0 bridgehead atoms. The predicted molar refractivity (Wildman–Crippen MR) is 123 cm³/mol.